The second-order valence-corrected chi connectivity index (χ2v) is 8.72. The lowest BCUT2D eigenvalue weighted by molar-refractivity contribution is 0.0739. The van der Waals surface area contributed by atoms with Gasteiger partial charge in [0.2, 0.25) is 0 Å². The highest BCUT2D eigenvalue weighted by molar-refractivity contribution is 9.10. The molecule has 2 aromatic rings. The van der Waals surface area contributed by atoms with Gasteiger partial charge in [-0.05, 0) is 31.2 Å². The number of benzene rings is 1. The van der Waals surface area contributed by atoms with Crippen LogP contribution in [0.4, 0.5) is 0 Å². The van der Waals surface area contributed by atoms with E-state index >= 15 is 0 Å². The number of aryl methyl sites for hydroxylation is 1. The first-order chi connectivity index (χ1) is 12.6. The van der Waals surface area contributed by atoms with Crippen molar-refractivity contribution in [2.24, 2.45) is 0 Å². The number of carbonyl (C=O) groups excluding carboxylic acids is 1. The number of fused-ring (bicyclic) bond motifs is 1. The third-order valence-electron chi connectivity index (χ3n) is 5.11. The quantitative estimate of drug-likeness (QED) is 0.735. The number of nitrogens with zero attached hydrogens (tertiary/aromatic N) is 5. The van der Waals surface area contributed by atoms with Crippen molar-refractivity contribution in [1.82, 2.24) is 24.6 Å². The molecule has 0 spiro atoms. The standard InChI is InChI=1S/C18H22BrN5OS/c1-3-22-8-10-23(11-9-22)15(13-4-6-14(19)7-5-13)16-17(25)24-18(26-16)20-12(2)21-24/h4-7,15-16H,3,8-11H2,1-2H3. The molecule has 2 atom stereocenters. The Morgan fingerprint density at radius 3 is 2.54 bits per heavy atom. The van der Waals surface area contributed by atoms with Crippen LogP contribution in [0, 0.1) is 6.92 Å². The first kappa shape index (κ1) is 18.2. The van der Waals surface area contributed by atoms with E-state index in [0.717, 1.165) is 37.2 Å². The minimum absolute atomic E-state index is 0.0309. The molecule has 2 aliphatic rings. The van der Waals surface area contributed by atoms with Crippen LogP contribution in [-0.4, -0.2) is 68.4 Å². The Bertz CT molecular complexity index is 800. The largest absolute Gasteiger partial charge is 0.301 e. The van der Waals surface area contributed by atoms with E-state index in [1.807, 2.05) is 6.92 Å². The Morgan fingerprint density at radius 1 is 1.23 bits per heavy atom. The van der Waals surface area contributed by atoms with Gasteiger partial charge in [-0.1, -0.05) is 46.7 Å². The van der Waals surface area contributed by atoms with Crippen LogP contribution >= 0.6 is 27.7 Å². The van der Waals surface area contributed by atoms with E-state index in [4.69, 9.17) is 0 Å². The molecule has 0 saturated carbocycles. The zero-order valence-corrected chi connectivity index (χ0v) is 17.3. The van der Waals surface area contributed by atoms with Gasteiger partial charge in [0.25, 0.3) is 5.91 Å². The summed E-state index contributed by atoms with van der Waals surface area (Å²) >= 11 is 5.06. The molecule has 0 bridgehead atoms. The monoisotopic (exact) mass is 435 g/mol. The van der Waals surface area contributed by atoms with E-state index in [0.29, 0.717) is 11.0 Å². The van der Waals surface area contributed by atoms with Crippen molar-refractivity contribution >= 4 is 33.6 Å². The number of hydrogen-bond acceptors (Lipinski definition) is 6. The predicted octanol–water partition coefficient (Wildman–Crippen LogP) is 2.84. The van der Waals surface area contributed by atoms with Crippen LogP contribution in [0.2, 0.25) is 0 Å². The fourth-order valence-electron chi connectivity index (χ4n) is 3.69. The lowest BCUT2D eigenvalue weighted by Gasteiger charge is -2.40. The van der Waals surface area contributed by atoms with Gasteiger partial charge in [0.05, 0.1) is 6.04 Å². The summed E-state index contributed by atoms with van der Waals surface area (Å²) < 4.78 is 2.53. The Kier molecular flexibility index (Phi) is 5.18. The number of rotatable bonds is 4. The highest BCUT2D eigenvalue weighted by Gasteiger charge is 2.43. The van der Waals surface area contributed by atoms with Gasteiger partial charge in [0.1, 0.15) is 11.1 Å². The normalized spacial score (nSPS) is 22.6. The molecule has 1 aromatic carbocycles. The smallest absolute Gasteiger partial charge is 0.264 e. The Morgan fingerprint density at radius 2 is 1.92 bits per heavy atom. The van der Waals surface area contributed by atoms with Gasteiger partial charge < -0.3 is 4.90 Å². The zero-order valence-electron chi connectivity index (χ0n) is 14.9. The molecule has 4 rings (SSSR count). The molecule has 26 heavy (non-hydrogen) atoms. The Hall–Kier alpha value is -1.22. The van der Waals surface area contributed by atoms with Gasteiger partial charge in [-0.2, -0.15) is 4.68 Å². The summed E-state index contributed by atoms with van der Waals surface area (Å²) in [4.78, 5) is 22.4. The Labute approximate surface area is 166 Å². The summed E-state index contributed by atoms with van der Waals surface area (Å²) in [5, 5.41) is 4.79. The van der Waals surface area contributed by atoms with E-state index in [1.54, 1.807) is 11.8 Å². The van der Waals surface area contributed by atoms with Crippen LogP contribution in [0.5, 0.6) is 0 Å². The molecule has 0 amide bonds. The molecule has 0 radical (unpaired) electrons. The summed E-state index contributed by atoms with van der Waals surface area (Å²) in [7, 11) is 0. The Balaban J connectivity index is 1.64. The van der Waals surface area contributed by atoms with Crippen molar-refractivity contribution in [3.63, 3.8) is 0 Å². The maximum Gasteiger partial charge on any atom is 0.264 e. The molecule has 6 nitrogen and oxygen atoms in total. The molecular formula is C18H22BrN5OS. The zero-order chi connectivity index (χ0) is 18.3. The van der Waals surface area contributed by atoms with Gasteiger partial charge in [-0.3, -0.25) is 9.69 Å². The van der Waals surface area contributed by atoms with E-state index in [9.17, 15) is 4.79 Å². The number of piperazine rings is 1. The van der Waals surface area contributed by atoms with Crippen LogP contribution in [0.25, 0.3) is 0 Å². The summed E-state index contributed by atoms with van der Waals surface area (Å²) in [5.74, 6) is 0.687. The number of carbonyl (C=O) groups is 1. The molecule has 0 aliphatic carbocycles. The molecule has 0 N–H and O–H groups in total. The minimum Gasteiger partial charge on any atom is -0.301 e. The maximum absolute atomic E-state index is 13.0. The van der Waals surface area contributed by atoms with Crippen LogP contribution in [0.3, 0.4) is 0 Å². The highest BCUT2D eigenvalue weighted by Crippen LogP contribution is 2.41. The molecule has 8 heteroatoms. The second kappa shape index (κ2) is 7.42. The summed E-state index contributed by atoms with van der Waals surface area (Å²) in [6.07, 6.45) is 0. The maximum atomic E-state index is 13.0. The topological polar surface area (TPSA) is 54.3 Å². The van der Waals surface area contributed by atoms with Gasteiger partial charge in [0, 0.05) is 30.7 Å². The average Bonchev–Trinajstić information content (AvgIpc) is 3.15. The van der Waals surface area contributed by atoms with Gasteiger partial charge in [-0.15, -0.1) is 5.10 Å². The fraction of sp³-hybridized carbons (Fsp3) is 0.500. The van der Waals surface area contributed by atoms with E-state index in [1.165, 1.54) is 10.2 Å². The number of aromatic nitrogens is 3. The van der Waals surface area contributed by atoms with Crippen molar-refractivity contribution in [2.75, 3.05) is 32.7 Å². The molecule has 2 unspecified atom stereocenters. The van der Waals surface area contributed by atoms with Crippen molar-refractivity contribution in [3.8, 4) is 0 Å². The van der Waals surface area contributed by atoms with Crippen molar-refractivity contribution in [3.05, 3.63) is 40.1 Å². The number of hydrogen-bond donors (Lipinski definition) is 0. The first-order valence-electron chi connectivity index (χ1n) is 8.93. The SMILES string of the molecule is CCN1CCN(C(c2ccc(Br)cc2)C2Sc3nc(C)nn3C2=O)CC1. The van der Waals surface area contributed by atoms with Gasteiger partial charge >= 0.3 is 0 Å². The molecular weight excluding hydrogens is 414 g/mol. The van der Waals surface area contributed by atoms with Crippen LogP contribution in [-0.2, 0) is 0 Å². The molecule has 2 aliphatic heterocycles. The van der Waals surface area contributed by atoms with Crippen LogP contribution < -0.4 is 0 Å². The third-order valence-corrected chi connectivity index (χ3v) is 6.83. The second-order valence-electron chi connectivity index (χ2n) is 6.70. The van der Waals surface area contributed by atoms with Crippen LogP contribution in [0.1, 0.15) is 29.1 Å². The summed E-state index contributed by atoms with van der Waals surface area (Å²) in [6.45, 7) is 9.11. The molecule has 1 aromatic heterocycles. The molecule has 3 heterocycles. The molecule has 1 fully saturated rings. The van der Waals surface area contributed by atoms with Crippen molar-refractivity contribution in [2.45, 2.75) is 30.3 Å². The number of likely N-dealkylation sites (N-methyl/N-ethyl adjacent to an activating group) is 1. The molecule has 1 saturated heterocycles. The van der Waals surface area contributed by atoms with Gasteiger partial charge in [-0.25, -0.2) is 4.98 Å². The minimum atomic E-state index is -0.208. The lowest BCUT2D eigenvalue weighted by atomic mass is 10.00. The third kappa shape index (κ3) is 3.35. The van der Waals surface area contributed by atoms with E-state index in [2.05, 4.69) is 67.0 Å². The van der Waals surface area contributed by atoms with E-state index in [-0.39, 0.29) is 17.2 Å². The fourth-order valence-corrected chi connectivity index (χ4v) is 5.26. The highest BCUT2D eigenvalue weighted by atomic mass is 79.9. The molecule has 138 valence electrons. The summed E-state index contributed by atoms with van der Waals surface area (Å²) in [5.41, 5.74) is 1.17. The average molecular weight is 436 g/mol. The van der Waals surface area contributed by atoms with Crippen LogP contribution in [0.15, 0.2) is 33.9 Å². The van der Waals surface area contributed by atoms with Gasteiger partial charge in [0.15, 0.2) is 5.16 Å². The summed E-state index contributed by atoms with van der Waals surface area (Å²) in [6, 6.07) is 8.37. The number of thioether (sulfide) groups is 1. The first-order valence-corrected chi connectivity index (χ1v) is 10.6. The number of halogens is 1. The van der Waals surface area contributed by atoms with Crippen molar-refractivity contribution in [1.29, 1.82) is 0 Å². The van der Waals surface area contributed by atoms with E-state index < -0.39 is 0 Å². The van der Waals surface area contributed by atoms with Crippen molar-refractivity contribution < 1.29 is 4.79 Å². The predicted molar refractivity (Wildman–Crippen MR) is 106 cm³/mol. The lowest BCUT2D eigenvalue weighted by Crippen LogP contribution is -2.50.